The number of hydrogen-bond donors (Lipinski definition) is 2. The average Bonchev–Trinajstić information content (AvgIpc) is 2.56. The smallest absolute Gasteiger partial charge is 0.123 e. The topological polar surface area (TPSA) is 35.5 Å². The highest BCUT2D eigenvalue weighted by Crippen LogP contribution is 2.20. The molecule has 0 amide bonds. The number of nitrogens with zero attached hydrogens (tertiary/aromatic N) is 1. The van der Waals surface area contributed by atoms with Crippen LogP contribution in [0.2, 0.25) is 0 Å². The largest absolute Gasteiger partial charge is 0.392 e. The average molecular weight is 316 g/mol. The van der Waals surface area contributed by atoms with Crippen LogP contribution >= 0.6 is 0 Å². The van der Waals surface area contributed by atoms with Crippen LogP contribution in [-0.2, 0) is 6.61 Å². The zero-order valence-electron chi connectivity index (χ0n) is 14.0. The Morgan fingerprint density at radius 1 is 1.09 bits per heavy atom. The molecule has 0 fully saturated rings. The van der Waals surface area contributed by atoms with E-state index in [1.807, 2.05) is 44.4 Å². The first kappa shape index (κ1) is 17.6. The summed E-state index contributed by atoms with van der Waals surface area (Å²) in [6, 6.07) is 14.9. The maximum Gasteiger partial charge on any atom is 0.123 e. The lowest BCUT2D eigenvalue weighted by atomic mass is 10.0. The van der Waals surface area contributed by atoms with E-state index in [0.29, 0.717) is 0 Å². The Kier molecular flexibility index (Phi) is 6.28. The molecule has 0 heterocycles. The van der Waals surface area contributed by atoms with Crippen LogP contribution in [0.25, 0.3) is 0 Å². The minimum absolute atomic E-state index is 0.0520. The fourth-order valence-corrected chi connectivity index (χ4v) is 2.65. The van der Waals surface area contributed by atoms with Crippen molar-refractivity contribution in [2.75, 3.05) is 20.6 Å². The van der Waals surface area contributed by atoms with Crippen molar-refractivity contribution < 1.29 is 9.50 Å². The summed E-state index contributed by atoms with van der Waals surface area (Å²) < 4.78 is 13.1. The van der Waals surface area contributed by atoms with Crippen molar-refractivity contribution >= 4 is 0 Å². The van der Waals surface area contributed by atoms with Crippen LogP contribution in [0.5, 0.6) is 0 Å². The normalized spacial score (nSPS) is 14.0. The molecule has 0 saturated carbocycles. The van der Waals surface area contributed by atoms with Crippen molar-refractivity contribution in [1.29, 1.82) is 0 Å². The van der Waals surface area contributed by atoms with Gasteiger partial charge in [-0.2, -0.15) is 0 Å². The summed E-state index contributed by atoms with van der Waals surface area (Å²) in [5, 5.41) is 12.8. The number of likely N-dealkylation sites (N-methyl/N-ethyl adjacent to an activating group) is 1. The molecule has 0 aliphatic heterocycles. The molecule has 124 valence electrons. The summed E-state index contributed by atoms with van der Waals surface area (Å²) >= 11 is 0. The number of nitrogens with one attached hydrogen (secondary N) is 1. The van der Waals surface area contributed by atoms with Gasteiger partial charge in [0.2, 0.25) is 0 Å². The number of aliphatic hydroxyl groups excluding tert-OH is 1. The van der Waals surface area contributed by atoms with Crippen LogP contribution in [0, 0.1) is 5.82 Å². The van der Waals surface area contributed by atoms with E-state index < -0.39 is 0 Å². The summed E-state index contributed by atoms with van der Waals surface area (Å²) in [6.45, 7) is 2.91. The Balaban J connectivity index is 2.04. The maximum atomic E-state index is 13.1. The zero-order chi connectivity index (χ0) is 16.8. The molecule has 0 radical (unpaired) electrons. The van der Waals surface area contributed by atoms with Gasteiger partial charge >= 0.3 is 0 Å². The van der Waals surface area contributed by atoms with Gasteiger partial charge in [0.15, 0.2) is 0 Å². The minimum Gasteiger partial charge on any atom is -0.392 e. The van der Waals surface area contributed by atoms with Gasteiger partial charge in [0.25, 0.3) is 0 Å². The van der Waals surface area contributed by atoms with Gasteiger partial charge in [-0.25, -0.2) is 4.39 Å². The second kappa shape index (κ2) is 8.20. The summed E-state index contributed by atoms with van der Waals surface area (Å²) in [5.74, 6) is -0.214. The van der Waals surface area contributed by atoms with Gasteiger partial charge in [0.05, 0.1) is 6.61 Å². The van der Waals surface area contributed by atoms with Crippen LogP contribution in [0.3, 0.4) is 0 Å². The highest BCUT2D eigenvalue weighted by atomic mass is 19.1. The van der Waals surface area contributed by atoms with E-state index in [1.54, 1.807) is 0 Å². The Bertz CT molecular complexity index is 613. The fourth-order valence-electron chi connectivity index (χ4n) is 2.65. The summed E-state index contributed by atoms with van der Waals surface area (Å²) in [4.78, 5) is 2.12. The second-order valence-electron chi connectivity index (χ2n) is 6.06. The number of aliphatic hydroxyl groups is 1. The quantitative estimate of drug-likeness (QED) is 0.823. The molecule has 23 heavy (non-hydrogen) atoms. The molecule has 0 aliphatic rings. The van der Waals surface area contributed by atoms with E-state index in [1.165, 1.54) is 12.1 Å². The lowest BCUT2D eigenvalue weighted by Gasteiger charge is -2.27. The van der Waals surface area contributed by atoms with Crippen molar-refractivity contribution in [1.82, 2.24) is 10.2 Å². The van der Waals surface area contributed by atoms with E-state index in [4.69, 9.17) is 0 Å². The zero-order valence-corrected chi connectivity index (χ0v) is 14.0. The molecule has 2 rings (SSSR count). The predicted octanol–water partition coefficient (Wildman–Crippen LogP) is 3.27. The van der Waals surface area contributed by atoms with E-state index in [-0.39, 0.29) is 24.5 Å². The van der Waals surface area contributed by atoms with Crippen LogP contribution in [0.1, 0.15) is 35.7 Å². The molecule has 3 nitrogen and oxygen atoms in total. The van der Waals surface area contributed by atoms with E-state index in [9.17, 15) is 9.50 Å². The van der Waals surface area contributed by atoms with Gasteiger partial charge in [-0.05, 0) is 49.8 Å². The number of hydrogen-bond acceptors (Lipinski definition) is 3. The monoisotopic (exact) mass is 316 g/mol. The standard InChI is InChI=1S/C19H25FN2O/c1-14(17-6-4-5-15(11-17)13-23)21-12-19(22(2)3)16-7-9-18(20)10-8-16/h4-11,14,19,21,23H,12-13H2,1-3H3. The SMILES string of the molecule is CC(NCC(c1ccc(F)cc1)N(C)C)c1cccc(CO)c1. The van der Waals surface area contributed by atoms with Gasteiger partial charge in [-0.15, -0.1) is 0 Å². The van der Waals surface area contributed by atoms with E-state index in [0.717, 1.165) is 23.2 Å². The third kappa shape index (κ3) is 4.86. The van der Waals surface area contributed by atoms with Crippen LogP contribution in [-0.4, -0.2) is 30.6 Å². The highest BCUT2D eigenvalue weighted by Gasteiger charge is 2.16. The van der Waals surface area contributed by atoms with Crippen LogP contribution in [0.4, 0.5) is 4.39 Å². The fraction of sp³-hybridized carbons (Fsp3) is 0.368. The molecule has 2 aromatic carbocycles. The van der Waals surface area contributed by atoms with Gasteiger partial charge in [0, 0.05) is 18.6 Å². The lowest BCUT2D eigenvalue weighted by Crippen LogP contribution is -2.32. The van der Waals surface area contributed by atoms with E-state index in [2.05, 4.69) is 23.2 Å². The first-order valence-corrected chi connectivity index (χ1v) is 7.86. The van der Waals surface area contributed by atoms with Crippen LogP contribution in [0.15, 0.2) is 48.5 Å². The van der Waals surface area contributed by atoms with Crippen molar-refractivity contribution in [2.45, 2.75) is 25.6 Å². The maximum absolute atomic E-state index is 13.1. The predicted molar refractivity (Wildman–Crippen MR) is 91.6 cm³/mol. The molecule has 0 spiro atoms. The highest BCUT2D eigenvalue weighted by molar-refractivity contribution is 5.25. The van der Waals surface area contributed by atoms with E-state index >= 15 is 0 Å². The Labute approximate surface area is 137 Å². The molecular formula is C19H25FN2O. The van der Waals surface area contributed by atoms with Crippen molar-refractivity contribution in [2.24, 2.45) is 0 Å². The Hall–Kier alpha value is -1.75. The molecule has 0 aromatic heterocycles. The molecule has 0 saturated heterocycles. The third-order valence-electron chi connectivity index (χ3n) is 4.13. The summed E-state index contributed by atoms with van der Waals surface area (Å²) in [6.07, 6.45) is 0. The molecule has 2 unspecified atom stereocenters. The molecule has 2 aromatic rings. The number of rotatable bonds is 7. The summed E-state index contributed by atoms with van der Waals surface area (Å²) in [5.41, 5.74) is 3.15. The third-order valence-corrected chi connectivity index (χ3v) is 4.13. The molecular weight excluding hydrogens is 291 g/mol. The first-order valence-electron chi connectivity index (χ1n) is 7.86. The van der Waals surface area contributed by atoms with Crippen molar-refractivity contribution in [3.63, 3.8) is 0 Å². The number of benzene rings is 2. The van der Waals surface area contributed by atoms with Gasteiger partial charge in [-0.1, -0.05) is 36.4 Å². The van der Waals surface area contributed by atoms with Crippen LogP contribution < -0.4 is 5.32 Å². The summed E-state index contributed by atoms with van der Waals surface area (Å²) in [7, 11) is 4.04. The molecule has 0 bridgehead atoms. The van der Waals surface area contributed by atoms with Crippen molar-refractivity contribution in [3.8, 4) is 0 Å². The molecule has 2 atom stereocenters. The van der Waals surface area contributed by atoms with Crippen molar-refractivity contribution in [3.05, 3.63) is 71.0 Å². The van der Waals surface area contributed by atoms with Gasteiger partial charge < -0.3 is 15.3 Å². The Morgan fingerprint density at radius 3 is 2.39 bits per heavy atom. The number of halogens is 1. The van der Waals surface area contributed by atoms with Gasteiger partial charge in [0.1, 0.15) is 5.82 Å². The molecule has 2 N–H and O–H groups in total. The first-order chi connectivity index (χ1) is 11.0. The molecule has 4 heteroatoms. The van der Waals surface area contributed by atoms with Gasteiger partial charge in [-0.3, -0.25) is 0 Å². The Morgan fingerprint density at radius 2 is 1.78 bits per heavy atom. The minimum atomic E-state index is -0.214. The second-order valence-corrected chi connectivity index (χ2v) is 6.06. The molecule has 0 aliphatic carbocycles. The lowest BCUT2D eigenvalue weighted by molar-refractivity contribution is 0.279.